The molecular formula is C11H16IN3O2. The van der Waals surface area contributed by atoms with Crippen LogP contribution in [-0.2, 0) is 0 Å². The van der Waals surface area contributed by atoms with Crippen LogP contribution < -0.4 is 10.9 Å². The molecule has 5 nitrogen and oxygen atoms in total. The van der Waals surface area contributed by atoms with E-state index in [0.717, 1.165) is 19.4 Å². The summed E-state index contributed by atoms with van der Waals surface area (Å²) in [6.45, 7) is 1.03. The fourth-order valence-electron chi connectivity index (χ4n) is 2.36. The summed E-state index contributed by atoms with van der Waals surface area (Å²) >= 11 is 1.99. The molecule has 0 amide bonds. The van der Waals surface area contributed by atoms with Gasteiger partial charge in [-0.25, -0.2) is 4.98 Å². The first-order valence-electron chi connectivity index (χ1n) is 5.80. The zero-order valence-corrected chi connectivity index (χ0v) is 11.6. The molecule has 1 fully saturated rings. The van der Waals surface area contributed by atoms with Crippen LogP contribution in [0.5, 0.6) is 0 Å². The molecule has 1 heterocycles. The molecule has 1 aromatic rings. The van der Waals surface area contributed by atoms with Crippen LogP contribution in [0.4, 0.5) is 5.82 Å². The zero-order chi connectivity index (χ0) is 12.3. The number of halogens is 1. The zero-order valence-electron chi connectivity index (χ0n) is 9.45. The minimum Gasteiger partial charge on any atom is -0.396 e. The lowest BCUT2D eigenvalue weighted by Crippen LogP contribution is -2.23. The summed E-state index contributed by atoms with van der Waals surface area (Å²) in [5, 5.41) is 12.4. The van der Waals surface area contributed by atoms with Crippen molar-refractivity contribution in [3.63, 3.8) is 0 Å². The largest absolute Gasteiger partial charge is 0.396 e. The van der Waals surface area contributed by atoms with Crippen molar-refractivity contribution >= 4 is 28.4 Å². The molecule has 6 heteroatoms. The van der Waals surface area contributed by atoms with Crippen LogP contribution in [0.15, 0.2) is 11.1 Å². The second-order valence-electron chi connectivity index (χ2n) is 4.41. The summed E-state index contributed by atoms with van der Waals surface area (Å²) in [5.41, 5.74) is -0.117. The van der Waals surface area contributed by atoms with E-state index in [1.165, 1.54) is 12.7 Å². The molecule has 3 N–H and O–H groups in total. The van der Waals surface area contributed by atoms with Crippen molar-refractivity contribution in [3.8, 4) is 0 Å². The van der Waals surface area contributed by atoms with Gasteiger partial charge >= 0.3 is 0 Å². The monoisotopic (exact) mass is 349 g/mol. The van der Waals surface area contributed by atoms with Gasteiger partial charge in [0.05, 0.1) is 6.33 Å². The maximum atomic E-state index is 11.4. The molecule has 2 unspecified atom stereocenters. The van der Waals surface area contributed by atoms with Gasteiger partial charge in [-0.15, -0.1) is 0 Å². The standard InChI is InChI=1S/C11H16IN3O2/c12-9-10(14-6-15-11(9)17)13-4-7-2-1-3-8(7)5-16/h6-8,16H,1-5H2,(H2,13,14,15,17). The number of aromatic amines is 1. The highest BCUT2D eigenvalue weighted by Crippen LogP contribution is 2.31. The lowest BCUT2D eigenvalue weighted by molar-refractivity contribution is 0.199. The van der Waals surface area contributed by atoms with Crippen LogP contribution in [0, 0.1) is 15.4 Å². The third-order valence-electron chi connectivity index (χ3n) is 3.38. The Morgan fingerprint density at radius 1 is 1.53 bits per heavy atom. The average Bonchev–Trinajstić information content (AvgIpc) is 2.78. The van der Waals surface area contributed by atoms with Crippen molar-refractivity contribution in [2.45, 2.75) is 19.3 Å². The maximum absolute atomic E-state index is 11.4. The number of hydrogen-bond acceptors (Lipinski definition) is 4. The molecule has 0 spiro atoms. The SMILES string of the molecule is O=c1[nH]cnc(NCC2CCCC2CO)c1I. The first-order valence-corrected chi connectivity index (χ1v) is 6.88. The molecule has 94 valence electrons. The number of aliphatic hydroxyl groups excluding tert-OH is 1. The average molecular weight is 349 g/mol. The third kappa shape index (κ3) is 2.98. The molecule has 2 atom stereocenters. The van der Waals surface area contributed by atoms with Crippen LogP contribution in [0.1, 0.15) is 19.3 Å². The number of nitrogens with zero attached hydrogens (tertiary/aromatic N) is 1. The minimum atomic E-state index is -0.117. The maximum Gasteiger partial charge on any atom is 0.266 e. The van der Waals surface area contributed by atoms with Gasteiger partial charge in [-0.2, -0.15) is 0 Å². The lowest BCUT2D eigenvalue weighted by Gasteiger charge is -2.18. The van der Waals surface area contributed by atoms with Gasteiger partial charge in [-0.3, -0.25) is 4.79 Å². The predicted molar refractivity (Wildman–Crippen MR) is 74.0 cm³/mol. The van der Waals surface area contributed by atoms with E-state index in [9.17, 15) is 9.90 Å². The van der Waals surface area contributed by atoms with E-state index in [1.807, 2.05) is 22.6 Å². The van der Waals surface area contributed by atoms with Crippen LogP contribution >= 0.6 is 22.6 Å². The van der Waals surface area contributed by atoms with Crippen molar-refractivity contribution in [2.24, 2.45) is 11.8 Å². The predicted octanol–water partition coefficient (Wildman–Crippen LogP) is 1.19. The smallest absolute Gasteiger partial charge is 0.266 e. The molecule has 0 aromatic carbocycles. The van der Waals surface area contributed by atoms with Gasteiger partial charge < -0.3 is 15.4 Å². The van der Waals surface area contributed by atoms with Crippen LogP contribution in [0.2, 0.25) is 0 Å². The summed E-state index contributed by atoms with van der Waals surface area (Å²) in [7, 11) is 0. The van der Waals surface area contributed by atoms with E-state index in [0.29, 0.717) is 21.2 Å². The van der Waals surface area contributed by atoms with Crippen molar-refractivity contribution in [3.05, 3.63) is 20.3 Å². The molecule has 0 radical (unpaired) electrons. The first kappa shape index (κ1) is 12.8. The van der Waals surface area contributed by atoms with Gasteiger partial charge in [-0.1, -0.05) is 6.42 Å². The Balaban J connectivity index is 1.98. The van der Waals surface area contributed by atoms with E-state index in [4.69, 9.17) is 0 Å². The van der Waals surface area contributed by atoms with E-state index < -0.39 is 0 Å². The molecule has 1 aliphatic rings. The number of rotatable bonds is 4. The number of nitrogens with one attached hydrogen (secondary N) is 2. The van der Waals surface area contributed by atoms with Crippen LogP contribution in [0.25, 0.3) is 0 Å². The fraction of sp³-hybridized carbons (Fsp3) is 0.636. The van der Waals surface area contributed by atoms with Gasteiger partial charge in [0.2, 0.25) is 0 Å². The Morgan fingerprint density at radius 2 is 2.29 bits per heavy atom. The Labute approximate surface area is 113 Å². The van der Waals surface area contributed by atoms with Gasteiger partial charge in [-0.05, 0) is 47.3 Å². The quantitative estimate of drug-likeness (QED) is 0.714. The molecule has 0 bridgehead atoms. The fourth-order valence-corrected chi connectivity index (χ4v) is 2.84. The summed E-state index contributed by atoms with van der Waals surface area (Å²) in [4.78, 5) is 18.0. The third-order valence-corrected chi connectivity index (χ3v) is 4.38. The first-order chi connectivity index (χ1) is 8.22. The Hall–Kier alpha value is -0.630. The molecule has 1 aliphatic carbocycles. The van der Waals surface area contributed by atoms with E-state index in [1.54, 1.807) is 0 Å². The Bertz CT molecular complexity index is 435. The molecule has 0 aliphatic heterocycles. The molecule has 1 aromatic heterocycles. The van der Waals surface area contributed by atoms with Gasteiger partial charge in [0.25, 0.3) is 5.56 Å². The number of aromatic nitrogens is 2. The number of hydrogen-bond donors (Lipinski definition) is 3. The highest BCUT2D eigenvalue weighted by atomic mass is 127. The van der Waals surface area contributed by atoms with E-state index in [-0.39, 0.29) is 12.2 Å². The highest BCUT2D eigenvalue weighted by Gasteiger charge is 2.26. The van der Waals surface area contributed by atoms with Crippen molar-refractivity contribution in [2.75, 3.05) is 18.5 Å². The number of aliphatic hydroxyl groups is 1. The summed E-state index contributed by atoms with van der Waals surface area (Å²) < 4.78 is 0.587. The lowest BCUT2D eigenvalue weighted by atomic mass is 9.97. The van der Waals surface area contributed by atoms with Crippen molar-refractivity contribution in [1.29, 1.82) is 0 Å². The Morgan fingerprint density at radius 3 is 3.06 bits per heavy atom. The highest BCUT2D eigenvalue weighted by molar-refractivity contribution is 14.1. The van der Waals surface area contributed by atoms with Crippen molar-refractivity contribution in [1.82, 2.24) is 9.97 Å². The minimum absolute atomic E-state index is 0.117. The topological polar surface area (TPSA) is 78.0 Å². The summed E-state index contributed by atoms with van der Waals surface area (Å²) in [6, 6.07) is 0. The van der Waals surface area contributed by atoms with E-state index in [2.05, 4.69) is 15.3 Å². The number of anilines is 1. The molecular weight excluding hydrogens is 333 g/mol. The van der Waals surface area contributed by atoms with Crippen molar-refractivity contribution < 1.29 is 5.11 Å². The van der Waals surface area contributed by atoms with E-state index >= 15 is 0 Å². The second kappa shape index (κ2) is 5.81. The molecule has 0 saturated heterocycles. The molecule has 2 rings (SSSR count). The summed E-state index contributed by atoms with van der Waals surface area (Å²) in [5.74, 6) is 1.51. The summed E-state index contributed by atoms with van der Waals surface area (Å²) in [6.07, 6.45) is 4.82. The Kier molecular flexibility index (Phi) is 4.38. The normalized spacial score (nSPS) is 23.9. The van der Waals surface area contributed by atoms with Gasteiger partial charge in [0.15, 0.2) is 0 Å². The van der Waals surface area contributed by atoms with Crippen LogP contribution in [-0.4, -0.2) is 28.2 Å². The molecule has 1 saturated carbocycles. The molecule has 17 heavy (non-hydrogen) atoms. The van der Waals surface area contributed by atoms with Gasteiger partial charge in [0.1, 0.15) is 9.39 Å². The number of H-pyrrole nitrogens is 1. The second-order valence-corrected chi connectivity index (χ2v) is 5.49. The van der Waals surface area contributed by atoms with Gasteiger partial charge in [0, 0.05) is 13.2 Å². The van der Waals surface area contributed by atoms with Crippen LogP contribution in [0.3, 0.4) is 0 Å².